The summed E-state index contributed by atoms with van der Waals surface area (Å²) in [7, 11) is 0. The van der Waals surface area contributed by atoms with E-state index in [0.29, 0.717) is 4.58 Å². The molecule has 1 aliphatic rings. The quantitative estimate of drug-likeness (QED) is 0.525. The number of allylic oxidation sites excluding steroid dienone is 1. The van der Waals surface area contributed by atoms with Gasteiger partial charge in [-0.25, -0.2) is 0 Å². The molecular weight excluding hydrogens is 140 g/mol. The topological polar surface area (TPSA) is 9.23 Å². The molecule has 0 aromatic carbocycles. The molecule has 0 N–H and O–H groups in total. The Kier molecular flexibility index (Phi) is 2.14. The first-order chi connectivity index (χ1) is 3.79. The molecule has 0 radical (unpaired) electrons. The highest BCUT2D eigenvalue weighted by Gasteiger charge is 2.08. The van der Waals surface area contributed by atoms with Crippen molar-refractivity contribution in [3.63, 3.8) is 0 Å². The monoisotopic (exact) mass is 148 g/mol. The van der Waals surface area contributed by atoms with Crippen LogP contribution < -0.4 is 0 Å². The number of rotatable bonds is 0. The maximum absolute atomic E-state index is 5.03. The Balaban J connectivity index is 2.45. The number of ether oxygens (including phenoxy) is 1. The first kappa shape index (κ1) is 6.36. The average molecular weight is 148 g/mol. The predicted molar refractivity (Wildman–Crippen MR) is 40.1 cm³/mol. The molecule has 8 heavy (non-hydrogen) atoms. The second-order valence-electron chi connectivity index (χ2n) is 1.63. The molecule has 0 bridgehead atoms. The molecule has 46 valence electrons. The molecule has 1 nitrogen and oxygen atoms in total. The molecule has 0 aliphatic carbocycles. The minimum absolute atomic E-state index is 0.333. The van der Waals surface area contributed by atoms with Gasteiger partial charge in [0.25, 0.3) is 0 Å². The summed E-state index contributed by atoms with van der Waals surface area (Å²) in [6.07, 6.45) is 1.78. The van der Waals surface area contributed by atoms with Gasteiger partial charge in [-0.3, -0.25) is 0 Å². The summed E-state index contributed by atoms with van der Waals surface area (Å²) in [4.78, 5) is 1.20. The lowest BCUT2D eigenvalue weighted by atomic mass is 10.7. The molecule has 1 atom stereocenters. The summed E-state index contributed by atoms with van der Waals surface area (Å²) < 4.78 is 5.37. The van der Waals surface area contributed by atoms with Crippen molar-refractivity contribution in [1.29, 1.82) is 0 Å². The Labute approximate surface area is 58.9 Å². The third-order valence-electron chi connectivity index (χ3n) is 0.810. The second-order valence-corrected chi connectivity index (χ2v) is 4.06. The van der Waals surface area contributed by atoms with Crippen LogP contribution in [0.25, 0.3) is 0 Å². The van der Waals surface area contributed by atoms with Gasteiger partial charge in [-0.05, 0) is 6.92 Å². The molecule has 1 aliphatic heterocycles. The number of hydrogen-bond acceptors (Lipinski definition) is 3. The maximum atomic E-state index is 5.03. The third-order valence-corrected chi connectivity index (χ3v) is 2.15. The van der Waals surface area contributed by atoms with Gasteiger partial charge in [-0.1, -0.05) is 0 Å². The highest BCUT2D eigenvalue weighted by atomic mass is 32.2. The molecule has 0 spiro atoms. The van der Waals surface area contributed by atoms with Crippen LogP contribution in [-0.4, -0.2) is 11.2 Å². The van der Waals surface area contributed by atoms with Gasteiger partial charge < -0.3 is 4.74 Å². The summed E-state index contributed by atoms with van der Waals surface area (Å²) in [6.45, 7) is 2.75. The van der Waals surface area contributed by atoms with Crippen LogP contribution >= 0.6 is 24.4 Å². The van der Waals surface area contributed by atoms with Crippen molar-refractivity contribution < 1.29 is 4.74 Å². The van der Waals surface area contributed by atoms with Gasteiger partial charge in [0.05, 0.1) is 10.8 Å². The van der Waals surface area contributed by atoms with E-state index in [-0.39, 0.29) is 0 Å². The lowest BCUT2D eigenvalue weighted by Crippen LogP contribution is -2.05. The SMILES string of the molecule is CC1=COCC(S)S1. The van der Waals surface area contributed by atoms with Crippen LogP contribution in [-0.2, 0) is 4.74 Å². The molecule has 0 saturated carbocycles. The van der Waals surface area contributed by atoms with E-state index in [0.717, 1.165) is 6.61 Å². The number of thioether (sulfide) groups is 1. The zero-order chi connectivity index (χ0) is 5.98. The highest BCUT2D eigenvalue weighted by Crippen LogP contribution is 2.27. The summed E-state index contributed by atoms with van der Waals surface area (Å²) in [5.74, 6) is 0. The third kappa shape index (κ3) is 1.63. The Morgan fingerprint density at radius 3 is 3.12 bits per heavy atom. The molecule has 1 rings (SSSR count). The van der Waals surface area contributed by atoms with Crippen LogP contribution in [0, 0.1) is 0 Å². The largest absolute Gasteiger partial charge is 0.498 e. The zero-order valence-electron chi connectivity index (χ0n) is 4.63. The summed E-state index contributed by atoms with van der Waals surface area (Å²) in [5.41, 5.74) is 0. The minimum atomic E-state index is 0.333. The maximum Gasteiger partial charge on any atom is 0.108 e. The van der Waals surface area contributed by atoms with Crippen molar-refractivity contribution in [3.05, 3.63) is 11.2 Å². The average Bonchev–Trinajstić information content (AvgIpc) is 1.64. The fraction of sp³-hybridized carbons (Fsp3) is 0.600. The second kappa shape index (κ2) is 2.69. The van der Waals surface area contributed by atoms with Gasteiger partial charge >= 0.3 is 0 Å². The van der Waals surface area contributed by atoms with Gasteiger partial charge in [0.1, 0.15) is 6.61 Å². The van der Waals surface area contributed by atoms with Crippen molar-refractivity contribution in [2.45, 2.75) is 11.5 Å². The van der Waals surface area contributed by atoms with E-state index in [2.05, 4.69) is 12.6 Å². The number of hydrogen-bond donors (Lipinski definition) is 1. The summed E-state index contributed by atoms with van der Waals surface area (Å²) >= 11 is 5.96. The van der Waals surface area contributed by atoms with Crippen LogP contribution in [0.3, 0.4) is 0 Å². The van der Waals surface area contributed by atoms with Crippen LogP contribution in [0.5, 0.6) is 0 Å². The molecular formula is C5H8OS2. The standard InChI is InChI=1S/C5H8OS2/c1-4-2-6-3-5(7)8-4/h2,5,7H,3H2,1H3. The first-order valence-corrected chi connectivity index (χ1v) is 3.82. The molecule has 0 aromatic heterocycles. The fourth-order valence-corrected chi connectivity index (χ4v) is 1.81. The van der Waals surface area contributed by atoms with E-state index in [1.165, 1.54) is 4.91 Å². The van der Waals surface area contributed by atoms with E-state index in [4.69, 9.17) is 4.74 Å². The molecule has 0 fully saturated rings. The van der Waals surface area contributed by atoms with E-state index in [1.54, 1.807) is 18.0 Å². The minimum Gasteiger partial charge on any atom is -0.498 e. The van der Waals surface area contributed by atoms with Crippen LogP contribution in [0.2, 0.25) is 0 Å². The molecule has 0 amide bonds. The Morgan fingerprint density at radius 1 is 2.00 bits per heavy atom. The Bertz CT molecular complexity index is 111. The molecule has 0 aromatic rings. The fourth-order valence-electron chi connectivity index (χ4n) is 0.524. The molecule has 3 heteroatoms. The van der Waals surface area contributed by atoms with E-state index in [1.807, 2.05) is 6.92 Å². The normalized spacial score (nSPS) is 28.8. The molecule has 0 saturated heterocycles. The van der Waals surface area contributed by atoms with E-state index >= 15 is 0 Å². The summed E-state index contributed by atoms with van der Waals surface area (Å²) in [5, 5.41) is 0. The van der Waals surface area contributed by atoms with Gasteiger partial charge in [0.15, 0.2) is 0 Å². The van der Waals surface area contributed by atoms with Gasteiger partial charge in [0, 0.05) is 4.91 Å². The first-order valence-electron chi connectivity index (χ1n) is 2.42. The van der Waals surface area contributed by atoms with Crippen LogP contribution in [0.1, 0.15) is 6.92 Å². The lowest BCUT2D eigenvalue weighted by Gasteiger charge is -2.15. The molecule has 1 heterocycles. The van der Waals surface area contributed by atoms with Crippen molar-refractivity contribution in [3.8, 4) is 0 Å². The van der Waals surface area contributed by atoms with E-state index in [9.17, 15) is 0 Å². The molecule has 1 unspecified atom stereocenters. The zero-order valence-corrected chi connectivity index (χ0v) is 6.34. The van der Waals surface area contributed by atoms with Gasteiger partial charge in [0.2, 0.25) is 0 Å². The van der Waals surface area contributed by atoms with Gasteiger partial charge in [-0.15, -0.1) is 11.8 Å². The van der Waals surface area contributed by atoms with E-state index < -0.39 is 0 Å². The Morgan fingerprint density at radius 2 is 2.75 bits per heavy atom. The van der Waals surface area contributed by atoms with Crippen molar-refractivity contribution in [2.24, 2.45) is 0 Å². The van der Waals surface area contributed by atoms with Crippen LogP contribution in [0.4, 0.5) is 0 Å². The Hall–Kier alpha value is 0.240. The predicted octanol–water partition coefficient (Wildman–Crippen LogP) is 1.87. The van der Waals surface area contributed by atoms with Gasteiger partial charge in [-0.2, -0.15) is 12.6 Å². The van der Waals surface area contributed by atoms with Crippen LogP contribution in [0.15, 0.2) is 11.2 Å². The smallest absolute Gasteiger partial charge is 0.108 e. The van der Waals surface area contributed by atoms with Crippen molar-refractivity contribution >= 4 is 24.4 Å². The highest BCUT2D eigenvalue weighted by molar-refractivity contribution is 8.13. The lowest BCUT2D eigenvalue weighted by molar-refractivity contribution is 0.262. The summed E-state index contributed by atoms with van der Waals surface area (Å²) in [6, 6.07) is 0. The van der Waals surface area contributed by atoms with Crippen molar-refractivity contribution in [2.75, 3.05) is 6.61 Å². The van der Waals surface area contributed by atoms with Crippen molar-refractivity contribution in [1.82, 2.24) is 0 Å². The number of thiol groups is 1.